The van der Waals surface area contributed by atoms with Crippen LogP contribution in [0, 0.1) is 23.3 Å². The predicted octanol–water partition coefficient (Wildman–Crippen LogP) is 4.70. The van der Waals surface area contributed by atoms with Gasteiger partial charge in [0.1, 0.15) is 23.3 Å². The van der Waals surface area contributed by atoms with Crippen molar-refractivity contribution in [3.8, 4) is 0 Å². The molecule has 2 rings (SSSR count). The fourth-order valence-corrected chi connectivity index (χ4v) is 2.40. The van der Waals surface area contributed by atoms with Gasteiger partial charge in [-0.15, -0.1) is 0 Å². The smallest absolute Gasteiger partial charge is 0.137 e. The molecule has 6 heteroatoms. The Hall–Kier alpha value is -1.40. The molecular formula is C15H12BrF4N. The van der Waals surface area contributed by atoms with Gasteiger partial charge in [0, 0.05) is 17.2 Å². The predicted molar refractivity (Wildman–Crippen MR) is 75.9 cm³/mol. The zero-order valence-corrected chi connectivity index (χ0v) is 12.6. The van der Waals surface area contributed by atoms with E-state index >= 15 is 0 Å². The number of hydrogen-bond acceptors (Lipinski definition) is 1. The van der Waals surface area contributed by atoms with E-state index in [4.69, 9.17) is 0 Å². The summed E-state index contributed by atoms with van der Waals surface area (Å²) in [7, 11) is 0. The highest BCUT2D eigenvalue weighted by Crippen LogP contribution is 2.30. The fourth-order valence-electron chi connectivity index (χ4n) is 2.09. The maximum absolute atomic E-state index is 14.1. The van der Waals surface area contributed by atoms with Crippen LogP contribution in [0.4, 0.5) is 17.6 Å². The number of hydrogen-bond donors (Lipinski definition) is 1. The Morgan fingerprint density at radius 1 is 0.952 bits per heavy atom. The van der Waals surface area contributed by atoms with Crippen LogP contribution in [-0.2, 0) is 0 Å². The van der Waals surface area contributed by atoms with E-state index in [-0.39, 0.29) is 15.6 Å². The van der Waals surface area contributed by atoms with Crippen molar-refractivity contribution in [1.82, 2.24) is 5.32 Å². The number of rotatable bonds is 4. The van der Waals surface area contributed by atoms with Crippen LogP contribution in [0.25, 0.3) is 0 Å². The first-order chi connectivity index (χ1) is 9.93. The van der Waals surface area contributed by atoms with E-state index < -0.39 is 29.3 Å². The monoisotopic (exact) mass is 361 g/mol. The lowest BCUT2D eigenvalue weighted by Gasteiger charge is -2.20. The van der Waals surface area contributed by atoms with Crippen molar-refractivity contribution in [2.45, 2.75) is 13.0 Å². The Bertz CT molecular complexity index is 660. The first kappa shape index (κ1) is 16.0. The van der Waals surface area contributed by atoms with Gasteiger partial charge in [-0.1, -0.05) is 13.0 Å². The van der Waals surface area contributed by atoms with Crippen molar-refractivity contribution < 1.29 is 17.6 Å². The minimum Gasteiger partial charge on any atom is -0.306 e. The second kappa shape index (κ2) is 6.58. The van der Waals surface area contributed by atoms with Crippen molar-refractivity contribution in [3.05, 3.63) is 69.2 Å². The summed E-state index contributed by atoms with van der Waals surface area (Å²) < 4.78 is 54.6. The van der Waals surface area contributed by atoms with Crippen LogP contribution in [0.15, 0.2) is 34.8 Å². The Balaban J connectivity index is 2.55. The maximum atomic E-state index is 14.1. The molecule has 1 N–H and O–H groups in total. The van der Waals surface area contributed by atoms with Crippen LogP contribution >= 0.6 is 15.9 Å². The van der Waals surface area contributed by atoms with Crippen molar-refractivity contribution in [3.63, 3.8) is 0 Å². The molecule has 0 fully saturated rings. The molecule has 0 saturated heterocycles. The first-order valence-electron chi connectivity index (χ1n) is 6.26. The van der Waals surface area contributed by atoms with E-state index in [1.165, 1.54) is 6.07 Å². The highest BCUT2D eigenvalue weighted by molar-refractivity contribution is 9.10. The average Bonchev–Trinajstić information content (AvgIpc) is 2.41. The highest BCUT2D eigenvalue weighted by atomic mass is 79.9. The molecule has 0 aliphatic rings. The van der Waals surface area contributed by atoms with E-state index in [1.54, 1.807) is 6.92 Å². The van der Waals surface area contributed by atoms with Crippen molar-refractivity contribution in [2.24, 2.45) is 0 Å². The second-order valence-corrected chi connectivity index (χ2v) is 5.30. The standard InChI is InChI=1S/C15H12BrF4N/c1-2-21-15(9-4-3-8(17)5-12(9)18)10-6-14(20)11(16)7-13(10)19/h3-7,15,21H,2H2,1H3. The van der Waals surface area contributed by atoms with Gasteiger partial charge in [0.05, 0.1) is 10.5 Å². The van der Waals surface area contributed by atoms with Crippen LogP contribution in [-0.4, -0.2) is 6.54 Å². The molecule has 2 aromatic carbocycles. The highest BCUT2D eigenvalue weighted by Gasteiger charge is 2.22. The first-order valence-corrected chi connectivity index (χ1v) is 7.06. The number of halogens is 5. The molecule has 0 aliphatic heterocycles. The minimum atomic E-state index is -0.904. The summed E-state index contributed by atoms with van der Waals surface area (Å²) in [4.78, 5) is 0. The molecule has 0 radical (unpaired) electrons. The van der Waals surface area contributed by atoms with E-state index in [0.717, 1.165) is 18.2 Å². The molecule has 0 aliphatic carbocycles. The summed E-state index contributed by atoms with van der Waals surface area (Å²) in [6.07, 6.45) is 0. The van der Waals surface area contributed by atoms with E-state index in [9.17, 15) is 17.6 Å². The molecule has 21 heavy (non-hydrogen) atoms. The zero-order chi connectivity index (χ0) is 15.6. The molecule has 0 spiro atoms. The van der Waals surface area contributed by atoms with Crippen LogP contribution in [0.5, 0.6) is 0 Å². The van der Waals surface area contributed by atoms with E-state index in [2.05, 4.69) is 21.2 Å². The van der Waals surface area contributed by atoms with Crippen LogP contribution in [0.2, 0.25) is 0 Å². The third-order valence-corrected chi connectivity index (χ3v) is 3.64. The van der Waals surface area contributed by atoms with Gasteiger partial charge in [-0.05, 0) is 40.7 Å². The molecule has 1 atom stereocenters. The normalized spacial score (nSPS) is 12.5. The summed E-state index contributed by atoms with van der Waals surface area (Å²) in [6.45, 7) is 2.15. The summed E-state index contributed by atoms with van der Waals surface area (Å²) in [5.74, 6) is -2.88. The van der Waals surface area contributed by atoms with E-state index in [1.807, 2.05) is 0 Å². The molecule has 112 valence electrons. The zero-order valence-electron chi connectivity index (χ0n) is 11.1. The lowest BCUT2D eigenvalue weighted by molar-refractivity contribution is 0.514. The van der Waals surface area contributed by atoms with E-state index in [0.29, 0.717) is 12.6 Å². The molecule has 1 nitrogen and oxygen atoms in total. The lowest BCUT2D eigenvalue weighted by atomic mass is 9.97. The topological polar surface area (TPSA) is 12.0 Å². The van der Waals surface area contributed by atoms with Crippen molar-refractivity contribution in [1.29, 1.82) is 0 Å². The van der Waals surface area contributed by atoms with Gasteiger partial charge in [0.25, 0.3) is 0 Å². The van der Waals surface area contributed by atoms with Crippen molar-refractivity contribution >= 4 is 15.9 Å². The van der Waals surface area contributed by atoms with Crippen LogP contribution < -0.4 is 5.32 Å². The molecule has 0 aromatic heterocycles. The molecule has 0 bridgehead atoms. The largest absolute Gasteiger partial charge is 0.306 e. The third kappa shape index (κ3) is 3.44. The quantitative estimate of drug-likeness (QED) is 0.614. The third-order valence-electron chi connectivity index (χ3n) is 3.03. The summed E-state index contributed by atoms with van der Waals surface area (Å²) in [5.41, 5.74) is 0.0157. The number of nitrogens with one attached hydrogen (secondary N) is 1. The van der Waals surface area contributed by atoms with Crippen molar-refractivity contribution in [2.75, 3.05) is 6.54 Å². The lowest BCUT2D eigenvalue weighted by Crippen LogP contribution is -2.24. The molecule has 0 saturated carbocycles. The fraction of sp³-hybridized carbons (Fsp3) is 0.200. The van der Waals surface area contributed by atoms with Gasteiger partial charge in [0.2, 0.25) is 0 Å². The van der Waals surface area contributed by atoms with Gasteiger partial charge in [-0.3, -0.25) is 0 Å². The summed E-state index contributed by atoms with van der Waals surface area (Å²) in [5, 5.41) is 2.88. The van der Waals surface area contributed by atoms with Crippen LogP contribution in [0.1, 0.15) is 24.1 Å². The molecule has 1 unspecified atom stereocenters. The Kier molecular flexibility index (Phi) is 5.00. The molecule has 0 amide bonds. The van der Waals surface area contributed by atoms with Gasteiger partial charge >= 0.3 is 0 Å². The minimum absolute atomic E-state index is 0.0152. The number of benzene rings is 2. The van der Waals surface area contributed by atoms with Crippen LogP contribution in [0.3, 0.4) is 0 Å². The SMILES string of the molecule is CCNC(c1ccc(F)cc1F)c1cc(F)c(Br)cc1F. The Morgan fingerprint density at radius 2 is 1.62 bits per heavy atom. The summed E-state index contributed by atoms with van der Waals surface area (Å²) >= 11 is 2.89. The van der Waals surface area contributed by atoms with Gasteiger partial charge in [-0.25, -0.2) is 17.6 Å². The van der Waals surface area contributed by atoms with Gasteiger partial charge in [-0.2, -0.15) is 0 Å². The summed E-state index contributed by atoms with van der Waals surface area (Å²) in [6, 6.07) is 4.09. The molecule has 0 heterocycles. The maximum Gasteiger partial charge on any atom is 0.137 e. The van der Waals surface area contributed by atoms with Gasteiger partial charge in [0.15, 0.2) is 0 Å². The van der Waals surface area contributed by atoms with Gasteiger partial charge < -0.3 is 5.32 Å². The second-order valence-electron chi connectivity index (χ2n) is 4.44. The Morgan fingerprint density at radius 3 is 2.24 bits per heavy atom. The molecular weight excluding hydrogens is 350 g/mol. The molecule has 2 aromatic rings. The average molecular weight is 362 g/mol. The Labute approximate surface area is 128 Å².